The first-order valence-corrected chi connectivity index (χ1v) is 7.51. The van der Waals surface area contributed by atoms with Crippen LogP contribution < -0.4 is 0 Å². The minimum atomic E-state index is -4.74. The van der Waals surface area contributed by atoms with Crippen LogP contribution in [0.5, 0.6) is 0 Å². The van der Waals surface area contributed by atoms with Gasteiger partial charge in [0.25, 0.3) is 5.89 Å². The molecule has 0 aliphatic carbocycles. The standard InChI is InChI=1S/C14H6Cl2F3N5O/c15-7-2-1-6-8(5-3-20-21-4-5)11(22-10(6)9(7)16)12-23-24-13(25-12)14(17,18)19/h1-4,22H,(H,20,21). The molecule has 4 rings (SSSR count). The van der Waals surface area contributed by atoms with Crippen molar-refractivity contribution in [1.82, 2.24) is 25.4 Å². The van der Waals surface area contributed by atoms with Gasteiger partial charge in [0.05, 0.1) is 21.8 Å². The molecule has 25 heavy (non-hydrogen) atoms. The average Bonchev–Trinajstić information content (AvgIpc) is 3.27. The van der Waals surface area contributed by atoms with E-state index in [2.05, 4.69) is 25.4 Å². The van der Waals surface area contributed by atoms with Gasteiger partial charge in [0.1, 0.15) is 5.69 Å². The van der Waals surface area contributed by atoms with Crippen LogP contribution in [0.4, 0.5) is 13.2 Å². The van der Waals surface area contributed by atoms with Gasteiger partial charge in [-0.3, -0.25) is 5.10 Å². The molecule has 3 heterocycles. The van der Waals surface area contributed by atoms with Gasteiger partial charge in [-0.15, -0.1) is 10.2 Å². The molecule has 128 valence electrons. The van der Waals surface area contributed by atoms with Crippen molar-refractivity contribution in [3.05, 3.63) is 40.5 Å². The molecule has 1 aromatic carbocycles. The number of H-pyrrole nitrogens is 2. The predicted molar refractivity (Wildman–Crippen MR) is 84.2 cm³/mol. The van der Waals surface area contributed by atoms with Crippen LogP contribution in [0.1, 0.15) is 5.89 Å². The van der Waals surface area contributed by atoms with E-state index in [4.69, 9.17) is 27.6 Å². The highest BCUT2D eigenvalue weighted by Crippen LogP contribution is 2.42. The number of nitrogens with one attached hydrogen (secondary N) is 2. The molecule has 0 amide bonds. The van der Waals surface area contributed by atoms with E-state index >= 15 is 0 Å². The molecule has 0 atom stereocenters. The second-order valence-corrected chi connectivity index (χ2v) is 5.84. The van der Waals surface area contributed by atoms with Crippen LogP contribution in [0, 0.1) is 0 Å². The number of halogens is 5. The zero-order valence-electron chi connectivity index (χ0n) is 11.9. The second-order valence-electron chi connectivity index (χ2n) is 5.06. The summed E-state index contributed by atoms with van der Waals surface area (Å²) in [7, 11) is 0. The molecule has 0 saturated heterocycles. The third kappa shape index (κ3) is 2.56. The smallest absolute Gasteiger partial charge is 0.411 e. The number of aromatic nitrogens is 5. The SMILES string of the molecule is FC(F)(F)c1nnc(-c2[nH]c3c(Cl)c(Cl)ccc3c2-c2cn[nH]c2)o1. The number of rotatable bonds is 2. The highest BCUT2D eigenvalue weighted by Gasteiger charge is 2.38. The maximum Gasteiger partial charge on any atom is 0.470 e. The first-order chi connectivity index (χ1) is 11.9. The van der Waals surface area contributed by atoms with E-state index in [9.17, 15) is 13.2 Å². The maximum atomic E-state index is 12.8. The molecule has 0 radical (unpaired) electrons. The Kier molecular flexibility index (Phi) is 3.51. The van der Waals surface area contributed by atoms with Gasteiger partial charge < -0.3 is 9.40 Å². The van der Waals surface area contributed by atoms with E-state index in [0.717, 1.165) is 0 Å². The summed E-state index contributed by atoms with van der Waals surface area (Å²) < 4.78 is 43.0. The summed E-state index contributed by atoms with van der Waals surface area (Å²) in [6.45, 7) is 0. The van der Waals surface area contributed by atoms with Gasteiger partial charge in [0, 0.05) is 22.7 Å². The minimum absolute atomic E-state index is 0.184. The van der Waals surface area contributed by atoms with Crippen molar-refractivity contribution in [1.29, 1.82) is 0 Å². The minimum Gasteiger partial charge on any atom is -0.411 e. The lowest BCUT2D eigenvalue weighted by Crippen LogP contribution is -2.04. The van der Waals surface area contributed by atoms with E-state index < -0.39 is 12.1 Å². The van der Waals surface area contributed by atoms with Gasteiger partial charge in [-0.25, -0.2) is 0 Å². The first kappa shape index (κ1) is 16.0. The number of alkyl halides is 3. The van der Waals surface area contributed by atoms with Crippen molar-refractivity contribution in [3.8, 4) is 22.7 Å². The Bertz CT molecular complexity index is 1070. The van der Waals surface area contributed by atoms with Gasteiger partial charge in [-0.2, -0.15) is 18.3 Å². The van der Waals surface area contributed by atoms with Crippen LogP contribution in [0.25, 0.3) is 33.6 Å². The average molecular weight is 388 g/mol. The molecule has 0 bridgehead atoms. The molecule has 3 aromatic heterocycles. The fourth-order valence-corrected chi connectivity index (χ4v) is 2.86. The monoisotopic (exact) mass is 387 g/mol. The molecule has 0 aliphatic heterocycles. The Morgan fingerprint density at radius 1 is 1.12 bits per heavy atom. The zero-order valence-corrected chi connectivity index (χ0v) is 13.5. The molecule has 0 fully saturated rings. The number of nitrogens with zero attached hydrogens (tertiary/aromatic N) is 3. The highest BCUT2D eigenvalue weighted by molar-refractivity contribution is 6.45. The van der Waals surface area contributed by atoms with Crippen molar-refractivity contribution >= 4 is 34.1 Å². The Morgan fingerprint density at radius 2 is 1.92 bits per heavy atom. The summed E-state index contributed by atoms with van der Waals surface area (Å²) >= 11 is 12.2. The lowest BCUT2D eigenvalue weighted by Gasteiger charge is -2.00. The van der Waals surface area contributed by atoms with Crippen molar-refractivity contribution in [2.24, 2.45) is 0 Å². The van der Waals surface area contributed by atoms with Gasteiger partial charge in [0.2, 0.25) is 0 Å². The van der Waals surface area contributed by atoms with Crippen LogP contribution in [-0.2, 0) is 6.18 Å². The Hall–Kier alpha value is -2.52. The largest absolute Gasteiger partial charge is 0.470 e. The number of aromatic amines is 2. The molecule has 0 unspecified atom stereocenters. The molecule has 0 aliphatic rings. The van der Waals surface area contributed by atoms with Crippen LogP contribution >= 0.6 is 23.2 Å². The summed E-state index contributed by atoms with van der Waals surface area (Å²) in [4.78, 5) is 2.92. The van der Waals surface area contributed by atoms with Crippen molar-refractivity contribution in [2.75, 3.05) is 0 Å². The molecule has 11 heteroatoms. The Balaban J connectivity index is 2.02. The molecule has 4 aromatic rings. The van der Waals surface area contributed by atoms with Crippen LogP contribution in [0.15, 0.2) is 28.9 Å². The van der Waals surface area contributed by atoms with E-state index in [1.165, 1.54) is 6.20 Å². The quantitative estimate of drug-likeness (QED) is 0.510. The summed E-state index contributed by atoms with van der Waals surface area (Å²) in [5.41, 5.74) is 1.74. The van der Waals surface area contributed by atoms with Crippen molar-refractivity contribution < 1.29 is 17.6 Å². The second kappa shape index (κ2) is 5.50. The normalized spacial score (nSPS) is 12.2. The Morgan fingerprint density at radius 3 is 2.56 bits per heavy atom. The Labute approximate surface area is 147 Å². The third-order valence-corrected chi connectivity index (χ3v) is 4.34. The lowest BCUT2D eigenvalue weighted by molar-refractivity contribution is -0.156. The van der Waals surface area contributed by atoms with Gasteiger partial charge in [-0.05, 0) is 6.07 Å². The summed E-state index contributed by atoms with van der Waals surface area (Å²) in [6, 6.07) is 3.27. The van der Waals surface area contributed by atoms with Gasteiger partial charge in [-0.1, -0.05) is 29.3 Å². The summed E-state index contributed by atoms with van der Waals surface area (Å²) in [5, 5.41) is 14.2. The number of benzene rings is 1. The van der Waals surface area contributed by atoms with Crippen LogP contribution in [-0.4, -0.2) is 25.4 Å². The molecular formula is C14H6Cl2F3N5O. The first-order valence-electron chi connectivity index (χ1n) is 6.76. The van der Waals surface area contributed by atoms with E-state index in [0.29, 0.717) is 27.1 Å². The highest BCUT2D eigenvalue weighted by atomic mass is 35.5. The molecule has 0 saturated carbocycles. The summed E-state index contributed by atoms with van der Waals surface area (Å²) in [5.74, 6) is -1.77. The van der Waals surface area contributed by atoms with Crippen molar-refractivity contribution in [3.63, 3.8) is 0 Å². The third-order valence-electron chi connectivity index (χ3n) is 3.53. The van der Waals surface area contributed by atoms with E-state index in [1.807, 2.05) is 0 Å². The molecule has 6 nitrogen and oxygen atoms in total. The maximum absolute atomic E-state index is 12.8. The number of hydrogen-bond acceptors (Lipinski definition) is 4. The van der Waals surface area contributed by atoms with E-state index in [-0.39, 0.29) is 16.6 Å². The topological polar surface area (TPSA) is 83.4 Å². The van der Waals surface area contributed by atoms with E-state index in [1.54, 1.807) is 18.3 Å². The van der Waals surface area contributed by atoms with Gasteiger partial charge in [0.15, 0.2) is 0 Å². The van der Waals surface area contributed by atoms with Gasteiger partial charge >= 0.3 is 12.1 Å². The molecule has 0 spiro atoms. The number of hydrogen-bond donors (Lipinski definition) is 2. The fourth-order valence-electron chi connectivity index (χ4n) is 2.49. The lowest BCUT2D eigenvalue weighted by atomic mass is 10.1. The summed E-state index contributed by atoms with van der Waals surface area (Å²) in [6.07, 6.45) is -1.65. The predicted octanol–water partition coefficient (Wildman–Crippen LogP) is 4.93. The van der Waals surface area contributed by atoms with Crippen LogP contribution in [0.2, 0.25) is 10.0 Å². The number of fused-ring (bicyclic) bond motifs is 1. The molecular weight excluding hydrogens is 382 g/mol. The van der Waals surface area contributed by atoms with Crippen LogP contribution in [0.3, 0.4) is 0 Å². The fraction of sp³-hybridized carbons (Fsp3) is 0.0714. The zero-order chi connectivity index (χ0) is 17.8. The van der Waals surface area contributed by atoms with Crippen molar-refractivity contribution in [2.45, 2.75) is 6.18 Å². The molecule has 2 N–H and O–H groups in total.